The van der Waals surface area contributed by atoms with E-state index >= 15 is 0 Å². The molecule has 0 unspecified atom stereocenters. The molecule has 6 nitrogen and oxygen atoms in total. The lowest BCUT2D eigenvalue weighted by molar-refractivity contribution is 0.225. The minimum absolute atomic E-state index is 0.381. The van der Waals surface area contributed by atoms with Crippen molar-refractivity contribution >= 4 is 39.1 Å². The predicted octanol–water partition coefficient (Wildman–Crippen LogP) is 5.37. The maximum absolute atomic E-state index is 6.29. The molecule has 0 radical (unpaired) electrons. The number of halogens is 1. The van der Waals surface area contributed by atoms with Crippen molar-refractivity contribution in [1.29, 1.82) is 0 Å². The summed E-state index contributed by atoms with van der Waals surface area (Å²) in [4.78, 5) is 6.89. The van der Waals surface area contributed by atoms with Crippen LogP contribution < -0.4 is 15.0 Å². The minimum Gasteiger partial charge on any atom is -0.448 e. The number of benzene rings is 2. The van der Waals surface area contributed by atoms with Crippen LogP contribution in [-0.4, -0.2) is 34.5 Å². The van der Waals surface area contributed by atoms with Crippen LogP contribution in [0.5, 0.6) is 5.88 Å². The molecule has 1 atom stereocenters. The first-order valence-corrected chi connectivity index (χ1v) is 11.5. The maximum atomic E-state index is 6.29. The van der Waals surface area contributed by atoms with Gasteiger partial charge in [0.1, 0.15) is 0 Å². The third-order valence-electron chi connectivity index (χ3n) is 4.90. The van der Waals surface area contributed by atoms with Crippen LogP contribution in [0, 0.1) is 0 Å². The fourth-order valence-corrected chi connectivity index (χ4v) is 4.01. The third-order valence-corrected chi connectivity index (χ3v) is 5.93. The average molecular weight is 472 g/mol. The van der Waals surface area contributed by atoms with Crippen molar-refractivity contribution < 1.29 is 4.74 Å². The van der Waals surface area contributed by atoms with E-state index in [2.05, 4.69) is 79.4 Å². The Morgan fingerprint density at radius 3 is 2.55 bits per heavy atom. The second kappa shape index (κ2) is 8.59. The molecule has 0 amide bonds. The summed E-state index contributed by atoms with van der Waals surface area (Å²) < 4.78 is 7.25. The van der Waals surface area contributed by atoms with E-state index in [1.165, 1.54) is 17.4 Å². The number of hydrogen-bond acceptors (Lipinski definition) is 7. The molecular formula is C21H22BrN5OS. The smallest absolute Gasteiger partial charge is 0.247 e. The molecule has 0 saturated heterocycles. The molecular weight excluding hydrogens is 450 g/mol. The quantitative estimate of drug-likeness (QED) is 0.501. The largest absolute Gasteiger partial charge is 0.448 e. The van der Waals surface area contributed by atoms with Gasteiger partial charge in [0.2, 0.25) is 11.0 Å². The zero-order valence-electron chi connectivity index (χ0n) is 16.5. The number of rotatable bonds is 5. The van der Waals surface area contributed by atoms with E-state index in [0.717, 1.165) is 34.4 Å². The highest BCUT2D eigenvalue weighted by atomic mass is 79.9. The van der Waals surface area contributed by atoms with Gasteiger partial charge < -0.3 is 15.0 Å². The Morgan fingerprint density at radius 2 is 1.86 bits per heavy atom. The Balaban J connectivity index is 1.75. The van der Waals surface area contributed by atoms with E-state index in [1.54, 1.807) is 0 Å². The summed E-state index contributed by atoms with van der Waals surface area (Å²) in [5.74, 6) is 0.478. The second-order valence-corrected chi connectivity index (χ2v) is 8.24. The van der Waals surface area contributed by atoms with Crippen LogP contribution in [0.2, 0.25) is 0 Å². The number of ether oxygens (including phenoxy) is 1. The van der Waals surface area contributed by atoms with Gasteiger partial charge in [-0.2, -0.15) is 4.98 Å². The number of nitrogens with one attached hydrogen (secondary N) is 1. The van der Waals surface area contributed by atoms with Crippen LogP contribution >= 0.6 is 27.7 Å². The summed E-state index contributed by atoms with van der Waals surface area (Å²) in [6, 6.07) is 14.5. The molecule has 1 N–H and O–H groups in total. The summed E-state index contributed by atoms with van der Waals surface area (Å²) >= 11 is 4.99. The van der Waals surface area contributed by atoms with Crippen molar-refractivity contribution in [3.63, 3.8) is 0 Å². The van der Waals surface area contributed by atoms with Crippen LogP contribution in [-0.2, 0) is 0 Å². The summed E-state index contributed by atoms with van der Waals surface area (Å²) in [6.07, 6.45) is 1.54. The minimum atomic E-state index is -0.381. The third kappa shape index (κ3) is 4.04. The van der Waals surface area contributed by atoms with Crippen molar-refractivity contribution in [1.82, 2.24) is 15.2 Å². The normalized spacial score (nSPS) is 14.8. The number of thioether (sulfide) groups is 1. The number of anilines is 2. The number of nitrogens with zero attached hydrogens (tertiary/aromatic N) is 4. The fourth-order valence-electron chi connectivity index (χ4n) is 3.36. The number of fused-ring (bicyclic) bond motifs is 3. The summed E-state index contributed by atoms with van der Waals surface area (Å²) in [5, 5.41) is 12.7. The van der Waals surface area contributed by atoms with Crippen molar-refractivity contribution in [3.8, 4) is 17.1 Å². The molecule has 0 aliphatic carbocycles. The molecule has 0 bridgehead atoms. The van der Waals surface area contributed by atoms with Gasteiger partial charge in [-0.15, -0.1) is 10.2 Å². The Hall–Kier alpha value is -2.32. The van der Waals surface area contributed by atoms with Gasteiger partial charge in [-0.05, 0) is 50.4 Å². The van der Waals surface area contributed by atoms with Crippen molar-refractivity contribution in [2.45, 2.75) is 25.2 Å². The lowest BCUT2D eigenvalue weighted by atomic mass is 10.1. The monoisotopic (exact) mass is 471 g/mol. The number of hydrogen-bond donors (Lipinski definition) is 1. The van der Waals surface area contributed by atoms with E-state index < -0.39 is 0 Å². The standard InChI is InChI=1S/C21H22BrN5OS/c1-4-27(5-2)15-9-6-13(7-10-15)19-23-17-11-8-14(22)12-16(17)18-20(28-19)24-21(29-3)26-25-18/h6-12,19,23H,4-5H2,1-3H3/t19-/m0/s1. The second-order valence-electron chi connectivity index (χ2n) is 6.55. The van der Waals surface area contributed by atoms with Crippen LogP contribution in [0.1, 0.15) is 25.6 Å². The Morgan fingerprint density at radius 1 is 1.10 bits per heavy atom. The van der Waals surface area contributed by atoms with Gasteiger partial charge in [-0.25, -0.2) is 0 Å². The zero-order chi connectivity index (χ0) is 20.4. The van der Waals surface area contributed by atoms with Crippen LogP contribution in [0.4, 0.5) is 11.4 Å². The highest BCUT2D eigenvalue weighted by Crippen LogP contribution is 2.40. The Labute approximate surface area is 183 Å². The van der Waals surface area contributed by atoms with Gasteiger partial charge in [0.15, 0.2) is 11.9 Å². The van der Waals surface area contributed by atoms with Gasteiger partial charge in [0.25, 0.3) is 0 Å². The summed E-state index contributed by atoms with van der Waals surface area (Å²) in [7, 11) is 0. The topological polar surface area (TPSA) is 63.2 Å². The molecule has 1 aromatic heterocycles. The molecule has 8 heteroatoms. The van der Waals surface area contributed by atoms with Gasteiger partial charge in [-0.3, -0.25) is 0 Å². The van der Waals surface area contributed by atoms with Gasteiger partial charge in [-0.1, -0.05) is 39.8 Å². The molecule has 29 heavy (non-hydrogen) atoms. The highest BCUT2D eigenvalue weighted by molar-refractivity contribution is 9.10. The highest BCUT2D eigenvalue weighted by Gasteiger charge is 2.26. The van der Waals surface area contributed by atoms with E-state index in [9.17, 15) is 0 Å². The zero-order valence-corrected chi connectivity index (χ0v) is 18.9. The SMILES string of the molecule is CCN(CC)c1ccc([C@H]2Nc3ccc(Br)cc3-c3nnc(SC)nc3O2)cc1. The summed E-state index contributed by atoms with van der Waals surface area (Å²) in [5.41, 5.74) is 4.69. The van der Waals surface area contributed by atoms with Crippen LogP contribution in [0.15, 0.2) is 52.1 Å². The Bertz CT molecular complexity index is 1010. The molecule has 0 fully saturated rings. The predicted molar refractivity (Wildman–Crippen MR) is 122 cm³/mol. The lowest BCUT2D eigenvalue weighted by Crippen LogP contribution is -2.22. The van der Waals surface area contributed by atoms with Gasteiger partial charge in [0.05, 0.1) is 0 Å². The molecule has 1 aliphatic rings. The molecule has 1 aliphatic heterocycles. The van der Waals surface area contributed by atoms with E-state index in [0.29, 0.717) is 16.7 Å². The van der Waals surface area contributed by atoms with Gasteiger partial charge >= 0.3 is 0 Å². The molecule has 0 spiro atoms. The molecule has 150 valence electrons. The first kappa shape index (κ1) is 20.0. The molecule has 3 aromatic rings. The maximum Gasteiger partial charge on any atom is 0.247 e. The molecule has 2 aromatic carbocycles. The van der Waals surface area contributed by atoms with Crippen LogP contribution in [0.3, 0.4) is 0 Å². The van der Waals surface area contributed by atoms with Crippen molar-refractivity contribution in [2.75, 3.05) is 29.6 Å². The summed E-state index contributed by atoms with van der Waals surface area (Å²) in [6.45, 7) is 6.28. The van der Waals surface area contributed by atoms with Crippen molar-refractivity contribution in [3.05, 3.63) is 52.5 Å². The molecule has 2 heterocycles. The fraction of sp³-hybridized carbons (Fsp3) is 0.286. The molecule has 4 rings (SSSR count). The first-order chi connectivity index (χ1) is 14.1. The van der Waals surface area contributed by atoms with Crippen molar-refractivity contribution in [2.24, 2.45) is 0 Å². The van der Waals surface area contributed by atoms with E-state index in [1.807, 2.05) is 24.5 Å². The lowest BCUT2D eigenvalue weighted by Gasteiger charge is -2.23. The van der Waals surface area contributed by atoms with Gasteiger partial charge in [0, 0.05) is 40.1 Å². The van der Waals surface area contributed by atoms with E-state index in [-0.39, 0.29) is 6.23 Å². The first-order valence-electron chi connectivity index (χ1n) is 9.49. The van der Waals surface area contributed by atoms with E-state index in [4.69, 9.17) is 4.74 Å². The molecule has 0 saturated carbocycles. The Kier molecular flexibility index (Phi) is 5.91. The van der Waals surface area contributed by atoms with Crippen LogP contribution in [0.25, 0.3) is 11.3 Å². The number of aromatic nitrogens is 3. The average Bonchev–Trinajstić information content (AvgIpc) is 2.91.